The first kappa shape index (κ1) is 23.3. The Bertz CT molecular complexity index is 1110. The molecule has 0 bridgehead atoms. The van der Waals surface area contributed by atoms with E-state index in [4.69, 9.17) is 9.84 Å². The number of nitrogens with one attached hydrogen (secondary N) is 1. The van der Waals surface area contributed by atoms with Gasteiger partial charge in [0, 0.05) is 23.7 Å². The van der Waals surface area contributed by atoms with Crippen LogP contribution in [0, 0.1) is 5.82 Å². The summed E-state index contributed by atoms with van der Waals surface area (Å²) in [6.07, 6.45) is 1.18. The number of carboxylic acids is 1. The van der Waals surface area contributed by atoms with Crippen molar-refractivity contribution in [2.24, 2.45) is 0 Å². The number of aromatic carboxylic acids is 1. The molecule has 3 aromatic rings. The van der Waals surface area contributed by atoms with Crippen molar-refractivity contribution in [2.75, 3.05) is 18.8 Å². The molecule has 3 N–H and O–H groups in total. The Morgan fingerprint density at radius 1 is 1.12 bits per heavy atom. The molecule has 2 atom stereocenters. The Labute approximate surface area is 196 Å². The molecular formula is C26H26FNO4S. The Kier molecular flexibility index (Phi) is 7.65. The van der Waals surface area contributed by atoms with E-state index in [0.717, 1.165) is 35.3 Å². The van der Waals surface area contributed by atoms with Gasteiger partial charge in [0.25, 0.3) is 0 Å². The highest BCUT2D eigenvalue weighted by Gasteiger charge is 2.20. The molecule has 0 aliphatic carbocycles. The van der Waals surface area contributed by atoms with Crippen molar-refractivity contribution in [2.45, 2.75) is 29.9 Å². The van der Waals surface area contributed by atoms with Crippen LogP contribution in [0.2, 0.25) is 0 Å². The van der Waals surface area contributed by atoms with E-state index in [-0.39, 0.29) is 17.5 Å². The summed E-state index contributed by atoms with van der Waals surface area (Å²) in [6, 6.07) is 19.5. The number of carbonyl (C=O) groups is 1. The van der Waals surface area contributed by atoms with Gasteiger partial charge >= 0.3 is 5.97 Å². The monoisotopic (exact) mass is 467 g/mol. The van der Waals surface area contributed by atoms with E-state index in [9.17, 15) is 14.3 Å². The van der Waals surface area contributed by atoms with Crippen LogP contribution in [0.1, 0.15) is 22.3 Å². The zero-order valence-electron chi connectivity index (χ0n) is 18.0. The van der Waals surface area contributed by atoms with Gasteiger partial charge in [-0.2, -0.15) is 0 Å². The number of thioether (sulfide) groups is 1. The van der Waals surface area contributed by atoms with E-state index in [1.54, 1.807) is 30.3 Å². The van der Waals surface area contributed by atoms with Gasteiger partial charge in [-0.05, 0) is 65.9 Å². The summed E-state index contributed by atoms with van der Waals surface area (Å²) in [7, 11) is 0. The highest BCUT2D eigenvalue weighted by atomic mass is 32.2. The highest BCUT2D eigenvalue weighted by Crippen LogP contribution is 2.32. The third kappa shape index (κ3) is 6.13. The van der Waals surface area contributed by atoms with Crippen LogP contribution >= 0.6 is 11.8 Å². The van der Waals surface area contributed by atoms with Crippen molar-refractivity contribution in [3.63, 3.8) is 0 Å². The largest absolute Gasteiger partial charge is 0.489 e. The lowest BCUT2D eigenvalue weighted by Gasteiger charge is -2.27. The molecule has 0 aromatic heterocycles. The van der Waals surface area contributed by atoms with E-state index >= 15 is 0 Å². The molecule has 0 radical (unpaired) electrons. The third-order valence-corrected chi connectivity index (χ3v) is 6.77. The Morgan fingerprint density at radius 2 is 1.88 bits per heavy atom. The number of aryl methyl sites for hydroxylation is 1. The van der Waals surface area contributed by atoms with E-state index in [2.05, 4.69) is 11.4 Å². The van der Waals surface area contributed by atoms with Crippen LogP contribution in [0.25, 0.3) is 11.1 Å². The maximum absolute atomic E-state index is 13.7. The van der Waals surface area contributed by atoms with Crippen LogP contribution in [0.3, 0.4) is 0 Å². The van der Waals surface area contributed by atoms with Gasteiger partial charge in [-0.3, -0.25) is 0 Å². The summed E-state index contributed by atoms with van der Waals surface area (Å²) in [4.78, 5) is 11.6. The minimum absolute atomic E-state index is 0.0182. The third-order valence-electron chi connectivity index (χ3n) is 5.57. The second kappa shape index (κ2) is 10.8. The molecule has 1 heterocycles. The lowest BCUT2D eigenvalue weighted by molar-refractivity contribution is 0.0697. The first-order valence-corrected chi connectivity index (χ1v) is 11.9. The van der Waals surface area contributed by atoms with Gasteiger partial charge < -0.3 is 20.3 Å². The average Bonchev–Trinajstić information content (AvgIpc) is 2.83. The number of ether oxygens (including phenoxy) is 1. The molecule has 3 aromatic carbocycles. The molecule has 0 saturated carbocycles. The molecule has 7 heteroatoms. The second-order valence-electron chi connectivity index (χ2n) is 8.04. The van der Waals surface area contributed by atoms with Gasteiger partial charge in [0.15, 0.2) is 0 Å². The molecule has 172 valence electrons. The van der Waals surface area contributed by atoms with Gasteiger partial charge in [0.05, 0.1) is 11.7 Å². The number of aliphatic hydroxyl groups excluding tert-OH is 1. The van der Waals surface area contributed by atoms with Crippen LogP contribution in [-0.2, 0) is 6.42 Å². The van der Waals surface area contributed by atoms with Gasteiger partial charge in [-0.15, -0.1) is 11.8 Å². The minimum Gasteiger partial charge on any atom is -0.489 e. The molecule has 1 aliphatic rings. The summed E-state index contributed by atoms with van der Waals surface area (Å²) in [6.45, 7) is 1.04. The Morgan fingerprint density at radius 3 is 2.64 bits per heavy atom. The first-order valence-electron chi connectivity index (χ1n) is 10.9. The fraction of sp³-hybridized carbons (Fsp3) is 0.269. The molecule has 4 rings (SSSR count). The molecule has 0 amide bonds. The van der Waals surface area contributed by atoms with Crippen molar-refractivity contribution < 1.29 is 24.1 Å². The number of hydrogen-bond acceptors (Lipinski definition) is 5. The molecule has 0 saturated heterocycles. The van der Waals surface area contributed by atoms with E-state index in [1.807, 2.05) is 24.3 Å². The van der Waals surface area contributed by atoms with Crippen molar-refractivity contribution >= 4 is 17.7 Å². The van der Waals surface area contributed by atoms with Gasteiger partial charge in [0.1, 0.15) is 17.7 Å². The van der Waals surface area contributed by atoms with Gasteiger partial charge in [-0.1, -0.05) is 30.3 Å². The Balaban J connectivity index is 1.25. The fourth-order valence-electron chi connectivity index (χ4n) is 3.79. The SMILES string of the molecule is O=C(O)c1ccc(-c2ccc3c(c2)CC[C@H](CNC[C@H](O)CSc2ccccc2F)O3)cc1. The number of carboxylic acid groups (broad SMARTS) is 1. The van der Waals surface area contributed by atoms with Gasteiger partial charge in [-0.25, -0.2) is 9.18 Å². The normalized spacial score (nSPS) is 16.0. The minimum atomic E-state index is -0.934. The number of rotatable bonds is 9. The van der Waals surface area contributed by atoms with E-state index < -0.39 is 12.1 Å². The quantitative estimate of drug-likeness (QED) is 0.399. The van der Waals surface area contributed by atoms with Crippen LogP contribution in [-0.4, -0.2) is 47.2 Å². The predicted octanol–water partition coefficient (Wildman–Crippen LogP) is 4.63. The number of fused-ring (bicyclic) bond motifs is 1. The van der Waals surface area contributed by atoms with Crippen molar-refractivity contribution in [1.82, 2.24) is 5.32 Å². The molecule has 1 aliphatic heterocycles. The zero-order valence-corrected chi connectivity index (χ0v) is 18.9. The maximum atomic E-state index is 13.7. The summed E-state index contributed by atoms with van der Waals surface area (Å²) in [5.74, 6) is 0.0711. The lowest BCUT2D eigenvalue weighted by Crippen LogP contribution is -2.38. The molecular weight excluding hydrogens is 441 g/mol. The van der Waals surface area contributed by atoms with Crippen molar-refractivity contribution in [3.05, 3.63) is 83.7 Å². The zero-order chi connectivity index (χ0) is 23.2. The first-order chi connectivity index (χ1) is 16.0. The molecule has 33 heavy (non-hydrogen) atoms. The molecule has 0 spiro atoms. The predicted molar refractivity (Wildman–Crippen MR) is 128 cm³/mol. The smallest absolute Gasteiger partial charge is 0.335 e. The topological polar surface area (TPSA) is 78.8 Å². The molecule has 0 unspecified atom stereocenters. The standard InChI is InChI=1S/C26H26FNO4S/c27-23-3-1-2-4-25(23)33-16-21(29)14-28-15-22-11-9-20-13-19(10-12-24(20)32-22)17-5-7-18(8-6-17)26(30)31/h1-8,10,12-13,21-22,28-29H,9,11,14-16H2,(H,30,31)/t21-,22+/m0/s1. The van der Waals surface area contributed by atoms with Gasteiger partial charge in [0.2, 0.25) is 0 Å². The average molecular weight is 468 g/mol. The number of hydrogen-bond donors (Lipinski definition) is 3. The highest BCUT2D eigenvalue weighted by molar-refractivity contribution is 7.99. The summed E-state index contributed by atoms with van der Waals surface area (Å²) < 4.78 is 19.8. The summed E-state index contributed by atoms with van der Waals surface area (Å²) >= 11 is 1.31. The van der Waals surface area contributed by atoms with Crippen LogP contribution in [0.15, 0.2) is 71.6 Å². The molecule has 5 nitrogen and oxygen atoms in total. The van der Waals surface area contributed by atoms with Crippen LogP contribution in [0.5, 0.6) is 5.75 Å². The summed E-state index contributed by atoms with van der Waals surface area (Å²) in [5.41, 5.74) is 3.40. The van der Waals surface area contributed by atoms with Crippen molar-refractivity contribution in [3.8, 4) is 16.9 Å². The Hall–Kier alpha value is -2.87. The van der Waals surface area contributed by atoms with E-state index in [0.29, 0.717) is 23.7 Å². The number of aliphatic hydroxyl groups is 1. The molecule has 0 fully saturated rings. The van der Waals surface area contributed by atoms with Crippen LogP contribution in [0.4, 0.5) is 4.39 Å². The van der Waals surface area contributed by atoms with Crippen LogP contribution < -0.4 is 10.1 Å². The summed E-state index contributed by atoms with van der Waals surface area (Å²) in [5, 5.41) is 22.5. The fourth-order valence-corrected chi connectivity index (χ4v) is 4.66. The number of benzene rings is 3. The second-order valence-corrected chi connectivity index (χ2v) is 9.10. The maximum Gasteiger partial charge on any atom is 0.335 e. The van der Waals surface area contributed by atoms with E-state index in [1.165, 1.54) is 17.8 Å². The van der Waals surface area contributed by atoms with Crippen molar-refractivity contribution in [1.29, 1.82) is 0 Å². The lowest BCUT2D eigenvalue weighted by atomic mass is 9.96. The number of halogens is 1.